The molecule has 4 atom stereocenters. The van der Waals surface area contributed by atoms with E-state index >= 15 is 0 Å². The molecule has 0 amide bonds. The summed E-state index contributed by atoms with van der Waals surface area (Å²) in [5, 5.41) is 9.81. The fraction of sp³-hybridized carbons (Fsp3) is 0.650. The van der Waals surface area contributed by atoms with E-state index in [1.165, 1.54) is 11.1 Å². The van der Waals surface area contributed by atoms with Gasteiger partial charge in [0, 0.05) is 0 Å². The van der Waals surface area contributed by atoms with Crippen LogP contribution in [0.15, 0.2) is 36.5 Å². The molecule has 2 heteroatoms. The lowest BCUT2D eigenvalue weighted by atomic mass is 9.46. The van der Waals surface area contributed by atoms with Gasteiger partial charge in [-0.25, -0.2) is 0 Å². The quantitative estimate of drug-likeness (QED) is 0.559. The molecule has 0 heterocycles. The molecule has 0 aromatic rings. The van der Waals surface area contributed by atoms with E-state index < -0.39 is 11.4 Å². The van der Waals surface area contributed by atoms with E-state index in [0.717, 1.165) is 38.5 Å². The van der Waals surface area contributed by atoms with E-state index in [-0.39, 0.29) is 11.3 Å². The van der Waals surface area contributed by atoms with E-state index in [1.54, 1.807) is 0 Å². The molecule has 2 saturated carbocycles. The summed E-state index contributed by atoms with van der Waals surface area (Å²) in [4.78, 5) is 11.9. The van der Waals surface area contributed by atoms with Crippen molar-refractivity contribution in [2.75, 3.05) is 0 Å². The third kappa shape index (κ3) is 2.68. The second-order valence-electron chi connectivity index (χ2n) is 7.77. The van der Waals surface area contributed by atoms with Crippen molar-refractivity contribution in [3.05, 3.63) is 36.5 Å². The lowest BCUT2D eigenvalue weighted by molar-refractivity contribution is -0.164. The highest BCUT2D eigenvalue weighted by molar-refractivity contribution is 5.75. The van der Waals surface area contributed by atoms with E-state index in [4.69, 9.17) is 0 Å². The van der Waals surface area contributed by atoms with Gasteiger partial charge in [0.2, 0.25) is 0 Å². The number of rotatable bonds is 4. The summed E-state index contributed by atoms with van der Waals surface area (Å²) >= 11 is 0. The molecular formula is C20H30O2. The van der Waals surface area contributed by atoms with Gasteiger partial charge in [-0.05, 0) is 63.2 Å². The van der Waals surface area contributed by atoms with Gasteiger partial charge in [-0.3, -0.25) is 4.79 Å². The van der Waals surface area contributed by atoms with Crippen molar-refractivity contribution in [1.29, 1.82) is 0 Å². The molecule has 2 nitrogen and oxygen atoms in total. The Morgan fingerprint density at radius 2 is 2.09 bits per heavy atom. The predicted molar refractivity (Wildman–Crippen MR) is 91.6 cm³/mol. The Balaban J connectivity index is 2.36. The maximum Gasteiger partial charge on any atom is 0.309 e. The van der Waals surface area contributed by atoms with Crippen LogP contribution in [0.5, 0.6) is 0 Å². The van der Waals surface area contributed by atoms with Gasteiger partial charge < -0.3 is 5.11 Å². The average Bonchev–Trinajstić information content (AvgIpc) is 2.45. The largest absolute Gasteiger partial charge is 0.481 e. The van der Waals surface area contributed by atoms with Gasteiger partial charge in [0.25, 0.3) is 0 Å². The van der Waals surface area contributed by atoms with Crippen molar-refractivity contribution in [3.63, 3.8) is 0 Å². The van der Waals surface area contributed by atoms with Crippen molar-refractivity contribution in [1.82, 2.24) is 0 Å². The molecule has 0 aliphatic heterocycles. The molecule has 2 fully saturated rings. The lowest BCUT2D eigenvalue weighted by Gasteiger charge is -2.57. The summed E-state index contributed by atoms with van der Waals surface area (Å²) < 4.78 is 0. The number of carboxylic acid groups (broad SMARTS) is 1. The first kappa shape index (κ1) is 17.1. The van der Waals surface area contributed by atoms with Gasteiger partial charge in [-0.2, -0.15) is 0 Å². The van der Waals surface area contributed by atoms with E-state index in [0.29, 0.717) is 5.92 Å². The van der Waals surface area contributed by atoms with E-state index in [9.17, 15) is 9.90 Å². The third-order valence-electron chi connectivity index (χ3n) is 6.51. The Bertz CT molecular complexity index is 516. The second-order valence-corrected chi connectivity index (χ2v) is 7.77. The molecule has 1 N–H and O–H groups in total. The molecule has 0 radical (unpaired) electrons. The minimum atomic E-state index is -0.618. The van der Waals surface area contributed by atoms with Crippen LogP contribution in [-0.2, 0) is 4.79 Å². The minimum absolute atomic E-state index is 0.0542. The number of carbonyl (C=O) groups is 1. The van der Waals surface area contributed by atoms with Gasteiger partial charge in [-0.1, -0.05) is 49.8 Å². The molecule has 122 valence electrons. The summed E-state index contributed by atoms with van der Waals surface area (Å²) in [5.41, 5.74) is 1.97. The average molecular weight is 302 g/mol. The van der Waals surface area contributed by atoms with Gasteiger partial charge in [0.05, 0.1) is 5.41 Å². The Morgan fingerprint density at radius 1 is 1.41 bits per heavy atom. The zero-order chi connectivity index (χ0) is 16.5. The van der Waals surface area contributed by atoms with Crippen molar-refractivity contribution in [3.8, 4) is 0 Å². The minimum Gasteiger partial charge on any atom is -0.481 e. The van der Waals surface area contributed by atoms with E-state index in [2.05, 4.69) is 33.1 Å². The molecule has 0 aromatic carbocycles. The number of fused-ring (bicyclic) bond motifs is 1. The molecule has 2 aliphatic carbocycles. The van der Waals surface area contributed by atoms with Crippen LogP contribution in [0.3, 0.4) is 0 Å². The van der Waals surface area contributed by atoms with Crippen LogP contribution in [0.25, 0.3) is 0 Å². The molecule has 2 rings (SSSR count). The number of allylic oxidation sites excluding steroid dienone is 4. The maximum absolute atomic E-state index is 11.9. The van der Waals surface area contributed by atoms with Gasteiger partial charge in [-0.15, -0.1) is 0 Å². The Hall–Kier alpha value is -1.31. The molecule has 0 bridgehead atoms. The molecule has 2 aliphatic rings. The molecule has 0 unspecified atom stereocenters. The molecular weight excluding hydrogens is 272 g/mol. The van der Waals surface area contributed by atoms with E-state index in [1.807, 2.05) is 13.0 Å². The first-order chi connectivity index (χ1) is 10.3. The molecule has 22 heavy (non-hydrogen) atoms. The highest BCUT2D eigenvalue weighted by Crippen LogP contribution is 2.61. The SMILES string of the molecule is C=C/C(C)=C\C[C@@H]1C(=C)CC[C@H]2[C@]1(C)CCC[C@]2(C)C(=O)O. The summed E-state index contributed by atoms with van der Waals surface area (Å²) in [6, 6.07) is 0. The number of hydrogen-bond acceptors (Lipinski definition) is 1. The van der Waals surface area contributed by atoms with Crippen molar-refractivity contribution < 1.29 is 9.90 Å². The molecule has 0 saturated heterocycles. The Morgan fingerprint density at radius 3 is 2.68 bits per heavy atom. The van der Waals surface area contributed by atoms with Crippen LogP contribution < -0.4 is 0 Å². The van der Waals surface area contributed by atoms with Crippen molar-refractivity contribution >= 4 is 5.97 Å². The van der Waals surface area contributed by atoms with Crippen LogP contribution in [-0.4, -0.2) is 11.1 Å². The predicted octanol–water partition coefficient (Wildman–Crippen LogP) is 5.37. The zero-order valence-electron chi connectivity index (χ0n) is 14.3. The van der Waals surface area contributed by atoms with Crippen LogP contribution in [0.4, 0.5) is 0 Å². The van der Waals surface area contributed by atoms with Gasteiger partial charge >= 0.3 is 5.97 Å². The van der Waals surface area contributed by atoms with Crippen LogP contribution in [0.1, 0.15) is 59.3 Å². The van der Waals surface area contributed by atoms with Gasteiger partial charge in [0.1, 0.15) is 0 Å². The highest BCUT2D eigenvalue weighted by Gasteiger charge is 2.57. The number of aliphatic carboxylic acids is 1. The third-order valence-corrected chi connectivity index (χ3v) is 6.51. The summed E-state index contributed by atoms with van der Waals surface area (Å²) in [7, 11) is 0. The summed E-state index contributed by atoms with van der Waals surface area (Å²) in [5.74, 6) is 0.0202. The fourth-order valence-electron chi connectivity index (χ4n) is 5.03. The summed E-state index contributed by atoms with van der Waals surface area (Å²) in [6.45, 7) is 14.5. The molecule has 0 aromatic heterocycles. The smallest absolute Gasteiger partial charge is 0.309 e. The lowest BCUT2D eigenvalue weighted by Crippen LogP contribution is -2.53. The standard InChI is InChI=1S/C20H30O2/c1-6-14(2)8-10-16-15(3)9-11-17-19(16,4)12-7-13-20(17,5)18(21)22/h6,8,16-17H,1,3,7,9-13H2,2,4-5H3,(H,21,22)/b14-8-/t16-,17+,19-,20+/m1/s1. The highest BCUT2D eigenvalue weighted by atomic mass is 16.4. The van der Waals surface area contributed by atoms with Crippen LogP contribution in [0, 0.1) is 22.7 Å². The Kier molecular flexibility index (Phi) is 4.70. The first-order valence-corrected chi connectivity index (χ1v) is 8.46. The normalized spacial score (nSPS) is 39.2. The zero-order valence-corrected chi connectivity index (χ0v) is 14.3. The van der Waals surface area contributed by atoms with Crippen LogP contribution >= 0.6 is 0 Å². The monoisotopic (exact) mass is 302 g/mol. The topological polar surface area (TPSA) is 37.3 Å². The fourth-order valence-corrected chi connectivity index (χ4v) is 5.03. The maximum atomic E-state index is 11.9. The number of carboxylic acids is 1. The van der Waals surface area contributed by atoms with Crippen LogP contribution in [0.2, 0.25) is 0 Å². The second kappa shape index (κ2) is 6.06. The number of hydrogen-bond donors (Lipinski definition) is 1. The van der Waals surface area contributed by atoms with Crippen molar-refractivity contribution in [2.45, 2.75) is 59.3 Å². The Labute approximate surface area is 135 Å². The summed E-state index contributed by atoms with van der Waals surface area (Å²) in [6.07, 6.45) is 9.95. The van der Waals surface area contributed by atoms with Gasteiger partial charge in [0.15, 0.2) is 0 Å². The first-order valence-electron chi connectivity index (χ1n) is 8.46. The molecule has 0 spiro atoms. The van der Waals surface area contributed by atoms with Crippen molar-refractivity contribution in [2.24, 2.45) is 22.7 Å².